The van der Waals surface area contributed by atoms with Gasteiger partial charge in [0.05, 0.1) is 28.7 Å². The van der Waals surface area contributed by atoms with E-state index in [0.29, 0.717) is 0 Å². The molecule has 0 bridgehead atoms. The minimum absolute atomic E-state index is 0.0323. The van der Waals surface area contributed by atoms with E-state index in [1.807, 2.05) is 0 Å². The molecule has 0 unspecified atom stereocenters. The topological polar surface area (TPSA) is 122 Å². The second kappa shape index (κ2) is 7.37. The van der Waals surface area contributed by atoms with Gasteiger partial charge in [-0.3, -0.25) is 14.9 Å². The number of carbonyl (C=O) groups is 2. The van der Waals surface area contributed by atoms with Crippen molar-refractivity contribution in [1.29, 1.82) is 0 Å². The summed E-state index contributed by atoms with van der Waals surface area (Å²) in [6.45, 7) is 0. The summed E-state index contributed by atoms with van der Waals surface area (Å²) < 4.78 is 4.92. The van der Waals surface area contributed by atoms with E-state index in [1.54, 1.807) is 0 Å². The van der Waals surface area contributed by atoms with E-state index < -0.39 is 22.5 Å². The monoisotopic (exact) mass is 383 g/mol. The van der Waals surface area contributed by atoms with Crippen LogP contribution >= 0.6 is 23.2 Å². The first kappa shape index (κ1) is 18.5. The lowest BCUT2D eigenvalue weighted by Gasteiger charge is -2.14. The van der Waals surface area contributed by atoms with Crippen LogP contribution in [0, 0.1) is 10.1 Å². The Bertz CT molecular complexity index is 885. The molecule has 0 saturated carbocycles. The summed E-state index contributed by atoms with van der Waals surface area (Å²) in [4.78, 5) is 33.4. The fourth-order valence-electron chi connectivity index (χ4n) is 1.97. The van der Waals surface area contributed by atoms with E-state index in [4.69, 9.17) is 27.9 Å². The molecule has 0 aromatic heterocycles. The highest BCUT2D eigenvalue weighted by Gasteiger charge is 2.18. The van der Waals surface area contributed by atoms with Gasteiger partial charge < -0.3 is 20.0 Å². The summed E-state index contributed by atoms with van der Waals surface area (Å²) >= 11 is 11.6. The van der Waals surface area contributed by atoms with Crippen LogP contribution in [-0.2, 0) is 0 Å². The Balaban J connectivity index is 2.37. The van der Waals surface area contributed by atoms with E-state index in [1.165, 1.54) is 25.3 Å². The Morgan fingerprint density at radius 1 is 1.16 bits per heavy atom. The molecule has 0 atom stereocenters. The van der Waals surface area contributed by atoms with Gasteiger partial charge in [-0.1, -0.05) is 23.2 Å². The summed E-state index contributed by atoms with van der Waals surface area (Å²) in [7, 11) is 1.24. The Hall–Kier alpha value is -2.84. The molecule has 0 aliphatic heterocycles. The lowest BCUT2D eigenvalue weighted by molar-refractivity contribution is -0.384. The maximum absolute atomic E-state index is 12.3. The number of methoxy groups -OCH3 is 1. The highest BCUT2D eigenvalue weighted by Crippen LogP contribution is 2.31. The minimum atomic E-state index is -1.50. The van der Waals surface area contributed by atoms with E-state index in [9.17, 15) is 24.8 Å². The molecule has 0 aliphatic rings. The average Bonchev–Trinajstić information content (AvgIpc) is 2.56. The SMILES string of the molecule is COc1cc(NC(=O)c2ccc(Cl)c([N+](=O)[O-])c2)c(Cl)cc1C(=O)[O-]. The van der Waals surface area contributed by atoms with E-state index in [0.717, 1.165) is 12.1 Å². The first-order valence-electron chi connectivity index (χ1n) is 6.58. The predicted octanol–water partition coefficient (Wildman–Crippen LogP) is 2.53. The summed E-state index contributed by atoms with van der Waals surface area (Å²) in [5.74, 6) is -2.27. The van der Waals surface area contributed by atoms with Crippen LogP contribution in [-0.4, -0.2) is 23.9 Å². The second-order valence-electron chi connectivity index (χ2n) is 4.70. The number of anilines is 1. The number of halogens is 2. The third kappa shape index (κ3) is 3.98. The normalized spacial score (nSPS) is 10.2. The number of carbonyl (C=O) groups excluding carboxylic acids is 2. The maximum Gasteiger partial charge on any atom is 0.288 e. The van der Waals surface area contributed by atoms with Crippen molar-refractivity contribution < 1.29 is 24.4 Å². The van der Waals surface area contributed by atoms with Gasteiger partial charge in [0.1, 0.15) is 10.8 Å². The largest absolute Gasteiger partial charge is 0.545 e. The van der Waals surface area contributed by atoms with Crippen LogP contribution in [0.4, 0.5) is 11.4 Å². The highest BCUT2D eigenvalue weighted by molar-refractivity contribution is 6.34. The van der Waals surface area contributed by atoms with Crippen molar-refractivity contribution in [1.82, 2.24) is 0 Å². The van der Waals surface area contributed by atoms with E-state index in [2.05, 4.69) is 5.32 Å². The molecule has 2 aromatic rings. The standard InChI is InChI=1S/C15H10Cl2N2O6/c1-25-13-6-11(10(17)5-8(13)15(21)22)18-14(20)7-2-3-9(16)12(4-7)19(23)24/h2-6H,1H3,(H,18,20)(H,21,22)/p-1. The number of rotatable bonds is 5. The number of carboxylic acid groups (broad SMARTS) is 1. The zero-order valence-electron chi connectivity index (χ0n) is 12.5. The molecule has 0 aliphatic carbocycles. The molecular weight excluding hydrogens is 375 g/mol. The number of hydrogen-bond acceptors (Lipinski definition) is 6. The van der Waals surface area contributed by atoms with Crippen molar-refractivity contribution in [3.8, 4) is 5.75 Å². The number of benzene rings is 2. The Morgan fingerprint density at radius 2 is 1.84 bits per heavy atom. The molecule has 25 heavy (non-hydrogen) atoms. The summed E-state index contributed by atoms with van der Waals surface area (Å²) in [5, 5.41) is 24.1. The van der Waals surface area contributed by atoms with E-state index >= 15 is 0 Å². The van der Waals surface area contributed by atoms with Crippen molar-refractivity contribution in [3.63, 3.8) is 0 Å². The van der Waals surface area contributed by atoms with Crippen LogP contribution in [0.5, 0.6) is 5.75 Å². The smallest absolute Gasteiger partial charge is 0.288 e. The molecule has 1 amide bonds. The Kier molecular flexibility index (Phi) is 5.45. The summed E-state index contributed by atoms with van der Waals surface area (Å²) in [5.41, 5.74) is -0.681. The number of nitro groups is 1. The molecule has 10 heteroatoms. The number of hydrogen-bond donors (Lipinski definition) is 1. The maximum atomic E-state index is 12.3. The van der Waals surface area contributed by atoms with Crippen molar-refractivity contribution >= 4 is 46.5 Å². The van der Waals surface area contributed by atoms with Gasteiger partial charge in [-0.15, -0.1) is 0 Å². The molecule has 0 spiro atoms. The van der Waals surface area contributed by atoms with Crippen LogP contribution in [0.15, 0.2) is 30.3 Å². The lowest BCUT2D eigenvalue weighted by Crippen LogP contribution is -2.23. The second-order valence-corrected chi connectivity index (χ2v) is 5.51. The lowest BCUT2D eigenvalue weighted by atomic mass is 10.1. The molecular formula is C15H9Cl2N2O6-. The zero-order valence-corrected chi connectivity index (χ0v) is 14.1. The molecule has 130 valence electrons. The van der Waals surface area contributed by atoms with Crippen LogP contribution in [0.3, 0.4) is 0 Å². The molecule has 8 nitrogen and oxygen atoms in total. The first-order valence-corrected chi connectivity index (χ1v) is 7.34. The van der Waals surface area contributed by atoms with Gasteiger partial charge in [0.2, 0.25) is 0 Å². The van der Waals surface area contributed by atoms with Gasteiger partial charge in [0, 0.05) is 23.3 Å². The van der Waals surface area contributed by atoms with Crippen LogP contribution in [0.25, 0.3) is 0 Å². The predicted molar refractivity (Wildman–Crippen MR) is 88.4 cm³/mol. The van der Waals surface area contributed by atoms with Crippen LogP contribution in [0.2, 0.25) is 10.0 Å². The third-order valence-electron chi connectivity index (χ3n) is 3.16. The number of nitrogens with one attached hydrogen (secondary N) is 1. The first-order chi connectivity index (χ1) is 11.7. The quantitative estimate of drug-likeness (QED) is 0.625. The van der Waals surface area contributed by atoms with Gasteiger partial charge in [0.15, 0.2) is 0 Å². The third-order valence-corrected chi connectivity index (χ3v) is 3.79. The Morgan fingerprint density at radius 3 is 2.40 bits per heavy atom. The molecule has 0 fully saturated rings. The number of nitro benzene ring substituents is 1. The van der Waals surface area contributed by atoms with Crippen LogP contribution < -0.4 is 15.2 Å². The Labute approximate surface area is 151 Å². The average molecular weight is 384 g/mol. The van der Waals surface area contributed by atoms with Crippen LogP contribution in [0.1, 0.15) is 20.7 Å². The van der Waals surface area contributed by atoms with Crippen molar-refractivity contribution in [2.45, 2.75) is 0 Å². The van der Waals surface area contributed by atoms with Gasteiger partial charge in [-0.05, 0) is 18.2 Å². The molecule has 1 N–H and O–H groups in total. The van der Waals surface area contributed by atoms with Gasteiger partial charge in [-0.2, -0.15) is 0 Å². The fourth-order valence-corrected chi connectivity index (χ4v) is 2.36. The van der Waals surface area contributed by atoms with Gasteiger partial charge >= 0.3 is 0 Å². The number of carboxylic acids is 1. The molecule has 0 saturated heterocycles. The van der Waals surface area contributed by atoms with E-state index in [-0.39, 0.29) is 32.6 Å². The fraction of sp³-hybridized carbons (Fsp3) is 0.0667. The molecule has 2 aromatic carbocycles. The number of amides is 1. The molecule has 2 rings (SSSR count). The zero-order chi connectivity index (χ0) is 18.7. The van der Waals surface area contributed by atoms with Crippen molar-refractivity contribution in [2.75, 3.05) is 12.4 Å². The molecule has 0 heterocycles. The minimum Gasteiger partial charge on any atom is -0.545 e. The van der Waals surface area contributed by atoms with Crippen molar-refractivity contribution in [2.24, 2.45) is 0 Å². The highest BCUT2D eigenvalue weighted by atomic mass is 35.5. The van der Waals surface area contributed by atoms with Gasteiger partial charge in [-0.25, -0.2) is 0 Å². The summed E-state index contributed by atoms with van der Waals surface area (Å²) in [6, 6.07) is 5.80. The van der Waals surface area contributed by atoms with Gasteiger partial charge in [0.25, 0.3) is 11.6 Å². The summed E-state index contributed by atoms with van der Waals surface area (Å²) in [6.07, 6.45) is 0. The number of aromatic carboxylic acids is 1. The number of ether oxygens (including phenoxy) is 1. The molecule has 0 radical (unpaired) electrons. The number of nitrogens with zero attached hydrogens (tertiary/aromatic N) is 1. The van der Waals surface area contributed by atoms with Crippen molar-refractivity contribution in [3.05, 3.63) is 61.6 Å².